The van der Waals surface area contributed by atoms with E-state index in [4.69, 9.17) is 0 Å². The fourth-order valence-corrected chi connectivity index (χ4v) is 4.10. The van der Waals surface area contributed by atoms with Crippen LogP contribution in [-0.2, 0) is 10.8 Å². The van der Waals surface area contributed by atoms with Crippen molar-refractivity contribution in [1.82, 2.24) is 10.2 Å². The van der Waals surface area contributed by atoms with Crippen LogP contribution in [-0.4, -0.2) is 52.3 Å². The first kappa shape index (κ1) is 14.5. The fourth-order valence-electron chi connectivity index (χ4n) is 3.35. The van der Waals surface area contributed by atoms with Gasteiger partial charge in [-0.1, -0.05) is 26.2 Å². The molecule has 3 nitrogen and oxygen atoms in total. The Morgan fingerprint density at radius 1 is 1.22 bits per heavy atom. The van der Waals surface area contributed by atoms with E-state index in [1.165, 1.54) is 51.6 Å². The normalized spacial score (nSPS) is 26.9. The van der Waals surface area contributed by atoms with Gasteiger partial charge >= 0.3 is 0 Å². The second-order valence-electron chi connectivity index (χ2n) is 5.83. The highest BCUT2D eigenvalue weighted by atomic mass is 32.2. The average molecular weight is 272 g/mol. The zero-order chi connectivity index (χ0) is 12.8. The van der Waals surface area contributed by atoms with Crippen molar-refractivity contribution in [1.29, 1.82) is 0 Å². The van der Waals surface area contributed by atoms with Crippen LogP contribution in [0.15, 0.2) is 0 Å². The smallest absolute Gasteiger partial charge is 0.0362 e. The largest absolute Gasteiger partial charge is 0.310 e. The van der Waals surface area contributed by atoms with Gasteiger partial charge in [0.15, 0.2) is 0 Å². The Hall–Kier alpha value is 0.0700. The molecule has 0 amide bonds. The van der Waals surface area contributed by atoms with Crippen LogP contribution in [0.4, 0.5) is 0 Å². The first-order valence-electron chi connectivity index (χ1n) is 7.56. The van der Waals surface area contributed by atoms with Crippen molar-refractivity contribution in [3.05, 3.63) is 0 Å². The van der Waals surface area contributed by atoms with Gasteiger partial charge in [-0.3, -0.25) is 4.21 Å². The minimum atomic E-state index is -0.613. The highest BCUT2D eigenvalue weighted by molar-refractivity contribution is 7.84. The molecule has 1 N–H and O–H groups in total. The third kappa shape index (κ3) is 4.04. The molecular formula is C14H28N2OS. The van der Waals surface area contributed by atoms with Crippen LogP contribution in [0.25, 0.3) is 0 Å². The second-order valence-corrected chi connectivity index (χ2v) is 7.70. The molecule has 2 aliphatic rings. The number of nitrogens with zero attached hydrogens (tertiary/aromatic N) is 1. The van der Waals surface area contributed by atoms with Gasteiger partial charge in [-0.05, 0) is 32.4 Å². The molecule has 18 heavy (non-hydrogen) atoms. The molecule has 4 heteroatoms. The van der Waals surface area contributed by atoms with E-state index < -0.39 is 10.8 Å². The topological polar surface area (TPSA) is 32.3 Å². The van der Waals surface area contributed by atoms with Crippen molar-refractivity contribution in [2.75, 3.05) is 37.7 Å². The lowest BCUT2D eigenvalue weighted by molar-refractivity contribution is 0.169. The molecule has 1 heterocycles. The lowest BCUT2D eigenvalue weighted by Crippen LogP contribution is -2.53. The molecule has 0 radical (unpaired) electrons. The molecule has 0 aromatic rings. The summed E-state index contributed by atoms with van der Waals surface area (Å²) in [6.07, 6.45) is 8.06. The average Bonchev–Trinajstić information content (AvgIpc) is 2.59. The van der Waals surface area contributed by atoms with Crippen LogP contribution in [0.3, 0.4) is 0 Å². The lowest BCUT2D eigenvalue weighted by atomic mass is 9.81. The molecule has 1 spiro atoms. The molecular weight excluding hydrogens is 244 g/mol. The van der Waals surface area contributed by atoms with Crippen LogP contribution < -0.4 is 5.32 Å². The summed E-state index contributed by atoms with van der Waals surface area (Å²) in [5.74, 6) is 1.66. The Morgan fingerprint density at radius 3 is 2.72 bits per heavy atom. The van der Waals surface area contributed by atoms with Gasteiger partial charge in [-0.25, -0.2) is 0 Å². The van der Waals surface area contributed by atoms with Crippen molar-refractivity contribution in [2.24, 2.45) is 0 Å². The molecule has 0 bridgehead atoms. The molecule has 0 aromatic heterocycles. The maximum absolute atomic E-state index is 11.6. The Kier molecular flexibility index (Phi) is 5.64. The first-order chi connectivity index (χ1) is 8.74. The first-order valence-corrected chi connectivity index (χ1v) is 9.05. The summed E-state index contributed by atoms with van der Waals surface area (Å²) in [4.78, 5) is 2.55. The van der Waals surface area contributed by atoms with Crippen LogP contribution in [0, 0.1) is 0 Å². The number of hydrogen-bond acceptors (Lipinski definition) is 3. The van der Waals surface area contributed by atoms with Crippen molar-refractivity contribution >= 4 is 10.8 Å². The van der Waals surface area contributed by atoms with E-state index in [0.29, 0.717) is 5.54 Å². The minimum absolute atomic E-state index is 0.377. The maximum atomic E-state index is 11.6. The van der Waals surface area contributed by atoms with Crippen LogP contribution >= 0.6 is 0 Å². The maximum Gasteiger partial charge on any atom is 0.0362 e. The molecule has 2 fully saturated rings. The van der Waals surface area contributed by atoms with Gasteiger partial charge < -0.3 is 10.2 Å². The van der Waals surface area contributed by atoms with Crippen LogP contribution in [0.2, 0.25) is 0 Å². The van der Waals surface area contributed by atoms with Gasteiger partial charge in [0.25, 0.3) is 0 Å². The standard InChI is InChI=1S/C14H28N2OS/c1-2-18(17)12-11-16-10-6-9-15-14(13-16)7-4-3-5-8-14/h15H,2-13H2,1H3. The van der Waals surface area contributed by atoms with Crippen molar-refractivity contribution in [3.63, 3.8) is 0 Å². The Balaban J connectivity index is 1.88. The summed E-state index contributed by atoms with van der Waals surface area (Å²) >= 11 is 0. The molecule has 2 rings (SSSR count). The Labute approximate surface area is 114 Å². The predicted molar refractivity (Wildman–Crippen MR) is 78.4 cm³/mol. The van der Waals surface area contributed by atoms with Crippen LogP contribution in [0.5, 0.6) is 0 Å². The van der Waals surface area contributed by atoms with Gasteiger partial charge in [0.1, 0.15) is 0 Å². The van der Waals surface area contributed by atoms with E-state index in [1.807, 2.05) is 6.92 Å². The van der Waals surface area contributed by atoms with Gasteiger partial charge in [0.05, 0.1) is 0 Å². The Bertz CT molecular complexity index is 277. The number of rotatable bonds is 4. The molecule has 1 saturated carbocycles. The Morgan fingerprint density at radius 2 is 2.00 bits per heavy atom. The predicted octanol–water partition coefficient (Wildman–Crippen LogP) is 1.75. The summed E-state index contributed by atoms with van der Waals surface area (Å²) in [5.41, 5.74) is 0.377. The third-order valence-electron chi connectivity index (χ3n) is 4.45. The number of hydrogen-bond donors (Lipinski definition) is 1. The monoisotopic (exact) mass is 272 g/mol. The van der Waals surface area contributed by atoms with Gasteiger partial charge in [0, 0.05) is 40.9 Å². The number of nitrogens with one attached hydrogen (secondary N) is 1. The molecule has 106 valence electrons. The van der Waals surface area contributed by atoms with E-state index in [1.54, 1.807) is 0 Å². The van der Waals surface area contributed by atoms with Crippen LogP contribution in [0.1, 0.15) is 45.4 Å². The molecule has 1 aliphatic carbocycles. The summed E-state index contributed by atoms with van der Waals surface area (Å²) in [7, 11) is -0.613. The highest BCUT2D eigenvalue weighted by Gasteiger charge is 2.34. The third-order valence-corrected chi connectivity index (χ3v) is 5.73. The lowest BCUT2D eigenvalue weighted by Gasteiger charge is -2.40. The summed E-state index contributed by atoms with van der Waals surface area (Å²) in [5, 5.41) is 3.81. The van der Waals surface area contributed by atoms with E-state index in [0.717, 1.165) is 24.6 Å². The van der Waals surface area contributed by atoms with E-state index >= 15 is 0 Å². The quantitative estimate of drug-likeness (QED) is 0.846. The van der Waals surface area contributed by atoms with E-state index in [-0.39, 0.29) is 0 Å². The second kappa shape index (κ2) is 7.01. The molecule has 1 atom stereocenters. The van der Waals surface area contributed by atoms with Gasteiger partial charge in [-0.15, -0.1) is 0 Å². The zero-order valence-corrected chi connectivity index (χ0v) is 12.6. The summed E-state index contributed by atoms with van der Waals surface area (Å²) < 4.78 is 11.6. The molecule has 1 unspecified atom stereocenters. The van der Waals surface area contributed by atoms with Gasteiger partial charge in [-0.2, -0.15) is 0 Å². The minimum Gasteiger partial charge on any atom is -0.310 e. The molecule has 0 aromatic carbocycles. The van der Waals surface area contributed by atoms with Gasteiger partial charge in [0.2, 0.25) is 0 Å². The zero-order valence-electron chi connectivity index (χ0n) is 11.7. The SMILES string of the molecule is CCS(=O)CCN1CCCNC2(CCCCC2)C1. The van der Waals surface area contributed by atoms with Crippen molar-refractivity contribution in [2.45, 2.75) is 51.0 Å². The van der Waals surface area contributed by atoms with E-state index in [9.17, 15) is 4.21 Å². The molecule has 1 aliphatic heterocycles. The highest BCUT2D eigenvalue weighted by Crippen LogP contribution is 2.30. The summed E-state index contributed by atoms with van der Waals surface area (Å²) in [6, 6.07) is 0. The van der Waals surface area contributed by atoms with E-state index in [2.05, 4.69) is 10.2 Å². The van der Waals surface area contributed by atoms with Crippen molar-refractivity contribution in [3.8, 4) is 0 Å². The summed E-state index contributed by atoms with van der Waals surface area (Å²) in [6.45, 7) is 6.55. The van der Waals surface area contributed by atoms with Crippen molar-refractivity contribution < 1.29 is 4.21 Å². The fraction of sp³-hybridized carbons (Fsp3) is 1.00. The molecule has 1 saturated heterocycles.